The van der Waals surface area contributed by atoms with Crippen LogP contribution in [-0.2, 0) is 10.3 Å². The smallest absolute Gasteiger partial charge is 0.237 e. The van der Waals surface area contributed by atoms with Gasteiger partial charge in [-0.2, -0.15) is 0 Å². The van der Waals surface area contributed by atoms with Crippen molar-refractivity contribution >= 4 is 21.8 Å². The first-order valence-electron chi connectivity index (χ1n) is 6.07. The standard InChI is InChI=1S/C14H21BrN2O/c1-9(2)12(16)13(18)17-14(3,4)10-5-7-11(15)8-6-10/h5-9,12H,16H2,1-4H3,(H,17,18)/t12-/m0/s1. The van der Waals surface area contributed by atoms with Crippen molar-refractivity contribution in [3.63, 3.8) is 0 Å². The number of carbonyl (C=O) groups is 1. The second-order valence-electron chi connectivity index (χ2n) is 5.39. The first-order valence-corrected chi connectivity index (χ1v) is 6.87. The highest BCUT2D eigenvalue weighted by molar-refractivity contribution is 9.10. The molecule has 0 aliphatic heterocycles. The van der Waals surface area contributed by atoms with Gasteiger partial charge >= 0.3 is 0 Å². The fourth-order valence-corrected chi connectivity index (χ4v) is 1.90. The van der Waals surface area contributed by atoms with E-state index in [1.165, 1.54) is 0 Å². The maximum atomic E-state index is 12.0. The van der Waals surface area contributed by atoms with E-state index in [-0.39, 0.29) is 11.8 Å². The zero-order valence-corrected chi connectivity index (χ0v) is 12.9. The zero-order valence-electron chi connectivity index (χ0n) is 11.3. The SMILES string of the molecule is CC(C)[C@H](N)C(=O)NC(C)(C)c1ccc(Br)cc1. The van der Waals surface area contributed by atoms with Gasteiger partial charge in [-0.15, -0.1) is 0 Å². The molecular formula is C14H21BrN2O. The highest BCUT2D eigenvalue weighted by Gasteiger charge is 2.26. The van der Waals surface area contributed by atoms with E-state index in [0.29, 0.717) is 0 Å². The molecule has 0 saturated heterocycles. The molecule has 0 unspecified atom stereocenters. The minimum atomic E-state index is -0.472. The fraction of sp³-hybridized carbons (Fsp3) is 0.500. The number of amides is 1. The number of hydrogen-bond acceptors (Lipinski definition) is 2. The summed E-state index contributed by atoms with van der Waals surface area (Å²) in [7, 11) is 0. The van der Waals surface area contributed by atoms with Crippen molar-refractivity contribution in [3.05, 3.63) is 34.3 Å². The Morgan fingerprint density at radius 1 is 1.28 bits per heavy atom. The van der Waals surface area contributed by atoms with Crippen molar-refractivity contribution in [1.29, 1.82) is 0 Å². The molecule has 18 heavy (non-hydrogen) atoms. The summed E-state index contributed by atoms with van der Waals surface area (Å²) in [5.41, 5.74) is 6.47. The minimum absolute atomic E-state index is 0.113. The number of nitrogens with two attached hydrogens (primary N) is 1. The number of benzene rings is 1. The Morgan fingerprint density at radius 3 is 2.22 bits per heavy atom. The van der Waals surface area contributed by atoms with Gasteiger partial charge in [0.05, 0.1) is 11.6 Å². The Morgan fingerprint density at radius 2 is 1.78 bits per heavy atom. The Kier molecular flexibility index (Phi) is 4.93. The minimum Gasteiger partial charge on any atom is -0.346 e. The van der Waals surface area contributed by atoms with Crippen LogP contribution in [0, 0.1) is 5.92 Å². The molecule has 1 atom stereocenters. The molecule has 1 rings (SSSR count). The lowest BCUT2D eigenvalue weighted by molar-refractivity contribution is -0.124. The van der Waals surface area contributed by atoms with Crippen LogP contribution in [-0.4, -0.2) is 11.9 Å². The van der Waals surface area contributed by atoms with Crippen molar-refractivity contribution in [1.82, 2.24) is 5.32 Å². The van der Waals surface area contributed by atoms with E-state index in [9.17, 15) is 4.79 Å². The molecule has 0 saturated carbocycles. The summed E-state index contributed by atoms with van der Waals surface area (Å²) in [4.78, 5) is 12.0. The van der Waals surface area contributed by atoms with Crippen LogP contribution < -0.4 is 11.1 Å². The van der Waals surface area contributed by atoms with Gasteiger partial charge in [0.1, 0.15) is 0 Å². The van der Waals surface area contributed by atoms with E-state index in [2.05, 4.69) is 21.2 Å². The number of nitrogens with one attached hydrogen (secondary N) is 1. The number of halogens is 1. The van der Waals surface area contributed by atoms with Crippen LogP contribution in [0.4, 0.5) is 0 Å². The molecular weight excluding hydrogens is 292 g/mol. The third-order valence-electron chi connectivity index (χ3n) is 3.02. The van der Waals surface area contributed by atoms with Crippen LogP contribution >= 0.6 is 15.9 Å². The normalized spacial score (nSPS) is 13.5. The molecule has 0 fully saturated rings. The lowest BCUT2D eigenvalue weighted by Crippen LogP contribution is -2.50. The zero-order chi connectivity index (χ0) is 13.9. The van der Waals surface area contributed by atoms with Crippen molar-refractivity contribution in [3.8, 4) is 0 Å². The van der Waals surface area contributed by atoms with Gasteiger partial charge < -0.3 is 11.1 Å². The molecule has 0 spiro atoms. The molecule has 100 valence electrons. The molecule has 0 aliphatic carbocycles. The molecule has 0 heterocycles. The predicted octanol–water partition coefficient (Wildman–Crippen LogP) is 2.78. The van der Waals surface area contributed by atoms with Crippen molar-refractivity contribution < 1.29 is 4.79 Å². The van der Waals surface area contributed by atoms with E-state index in [1.54, 1.807) is 0 Å². The molecule has 0 aliphatic rings. The van der Waals surface area contributed by atoms with Crippen LogP contribution in [0.25, 0.3) is 0 Å². The van der Waals surface area contributed by atoms with E-state index < -0.39 is 11.6 Å². The summed E-state index contributed by atoms with van der Waals surface area (Å²) in [5, 5.41) is 2.99. The number of carbonyl (C=O) groups excluding carboxylic acids is 1. The van der Waals surface area contributed by atoms with Gasteiger partial charge in [-0.3, -0.25) is 4.79 Å². The molecule has 0 radical (unpaired) electrons. The second kappa shape index (κ2) is 5.85. The van der Waals surface area contributed by atoms with Gasteiger partial charge in [-0.25, -0.2) is 0 Å². The lowest BCUT2D eigenvalue weighted by atomic mass is 9.93. The molecule has 3 N–H and O–H groups in total. The first kappa shape index (κ1) is 15.2. The number of hydrogen-bond donors (Lipinski definition) is 2. The molecule has 1 amide bonds. The van der Waals surface area contributed by atoms with Crippen molar-refractivity contribution in [2.45, 2.75) is 39.3 Å². The first-order chi connectivity index (χ1) is 8.24. The highest BCUT2D eigenvalue weighted by Crippen LogP contribution is 2.22. The van der Waals surface area contributed by atoms with Crippen molar-refractivity contribution in [2.75, 3.05) is 0 Å². The Hall–Kier alpha value is -0.870. The van der Waals surface area contributed by atoms with Crippen LogP contribution in [0.5, 0.6) is 0 Å². The van der Waals surface area contributed by atoms with Gasteiger partial charge in [0.15, 0.2) is 0 Å². The van der Waals surface area contributed by atoms with Crippen molar-refractivity contribution in [2.24, 2.45) is 11.7 Å². The van der Waals surface area contributed by atoms with Gasteiger partial charge in [-0.05, 0) is 37.5 Å². The lowest BCUT2D eigenvalue weighted by Gasteiger charge is -2.29. The van der Waals surface area contributed by atoms with Crippen LogP contribution in [0.1, 0.15) is 33.3 Å². The largest absolute Gasteiger partial charge is 0.346 e. The molecule has 1 aromatic carbocycles. The van der Waals surface area contributed by atoms with E-state index in [4.69, 9.17) is 5.73 Å². The van der Waals surface area contributed by atoms with Crippen LogP contribution in [0.2, 0.25) is 0 Å². The summed E-state index contributed by atoms with van der Waals surface area (Å²) in [6.07, 6.45) is 0. The Balaban J connectivity index is 2.81. The summed E-state index contributed by atoms with van der Waals surface area (Å²) < 4.78 is 1.02. The topological polar surface area (TPSA) is 55.1 Å². The maximum Gasteiger partial charge on any atom is 0.237 e. The summed E-state index contributed by atoms with van der Waals surface area (Å²) in [5.74, 6) is 0.0173. The second-order valence-corrected chi connectivity index (χ2v) is 6.31. The monoisotopic (exact) mass is 312 g/mol. The number of rotatable bonds is 4. The molecule has 4 heteroatoms. The fourth-order valence-electron chi connectivity index (χ4n) is 1.63. The third-order valence-corrected chi connectivity index (χ3v) is 3.55. The Bertz CT molecular complexity index is 412. The van der Waals surface area contributed by atoms with Gasteiger partial charge in [0.25, 0.3) is 0 Å². The molecule has 0 bridgehead atoms. The van der Waals surface area contributed by atoms with E-state index in [1.807, 2.05) is 52.0 Å². The highest BCUT2D eigenvalue weighted by atomic mass is 79.9. The molecule has 3 nitrogen and oxygen atoms in total. The summed E-state index contributed by atoms with van der Waals surface area (Å²) in [6.45, 7) is 7.83. The van der Waals surface area contributed by atoms with Gasteiger partial charge in [0.2, 0.25) is 5.91 Å². The summed E-state index contributed by atoms with van der Waals surface area (Å²) in [6, 6.07) is 7.44. The third kappa shape index (κ3) is 3.82. The van der Waals surface area contributed by atoms with Crippen LogP contribution in [0.3, 0.4) is 0 Å². The Labute approximate surface area is 117 Å². The average Bonchev–Trinajstić information content (AvgIpc) is 2.27. The molecule has 1 aromatic rings. The van der Waals surface area contributed by atoms with Crippen LogP contribution in [0.15, 0.2) is 28.7 Å². The quantitative estimate of drug-likeness (QED) is 0.898. The van der Waals surface area contributed by atoms with Gasteiger partial charge in [0, 0.05) is 4.47 Å². The summed E-state index contributed by atoms with van der Waals surface area (Å²) >= 11 is 3.40. The van der Waals surface area contributed by atoms with Gasteiger partial charge in [-0.1, -0.05) is 41.9 Å². The van der Waals surface area contributed by atoms with E-state index >= 15 is 0 Å². The predicted molar refractivity (Wildman–Crippen MR) is 78.1 cm³/mol. The molecule has 0 aromatic heterocycles. The average molecular weight is 313 g/mol. The van der Waals surface area contributed by atoms with E-state index in [0.717, 1.165) is 10.0 Å². The maximum absolute atomic E-state index is 12.0.